The van der Waals surface area contributed by atoms with Gasteiger partial charge in [0, 0.05) is 17.6 Å². The Morgan fingerprint density at radius 1 is 1.13 bits per heavy atom. The number of halogens is 1. The Labute approximate surface area is 192 Å². The van der Waals surface area contributed by atoms with E-state index >= 15 is 0 Å². The van der Waals surface area contributed by atoms with Crippen molar-refractivity contribution in [1.29, 1.82) is 0 Å². The van der Waals surface area contributed by atoms with Crippen molar-refractivity contribution in [2.45, 2.75) is 33.4 Å². The van der Waals surface area contributed by atoms with Crippen LogP contribution in [-0.4, -0.2) is 50.5 Å². The molecular weight excluding hydrogens is 482 g/mol. The van der Waals surface area contributed by atoms with Gasteiger partial charge in [0.1, 0.15) is 12.6 Å². The molecule has 9 heteroatoms. The van der Waals surface area contributed by atoms with Crippen LogP contribution < -0.4 is 9.62 Å². The summed E-state index contributed by atoms with van der Waals surface area (Å²) in [5.74, 6) is -0.758. The molecule has 2 rings (SSSR count). The van der Waals surface area contributed by atoms with Crippen molar-refractivity contribution in [3.8, 4) is 0 Å². The molecular formula is C22H28BrN3O4S. The summed E-state index contributed by atoms with van der Waals surface area (Å²) in [5.41, 5.74) is 2.27. The smallest absolute Gasteiger partial charge is 0.244 e. The van der Waals surface area contributed by atoms with Gasteiger partial charge in [-0.1, -0.05) is 45.8 Å². The Morgan fingerprint density at radius 3 is 2.32 bits per heavy atom. The lowest BCUT2D eigenvalue weighted by Gasteiger charge is -2.31. The summed E-state index contributed by atoms with van der Waals surface area (Å²) in [5, 5.41) is 2.73. The standard InChI is InChI=1S/C22H28BrN3O4S/c1-5-24-22(28)17(3)25(14-18-8-6-7-16(2)13-18)21(27)15-26(31(4,29)30)20-11-9-19(23)10-12-20/h6-13,17H,5,14-15H2,1-4H3,(H,24,28). The summed E-state index contributed by atoms with van der Waals surface area (Å²) in [7, 11) is -3.73. The molecule has 0 aliphatic rings. The van der Waals surface area contributed by atoms with Crippen molar-refractivity contribution in [3.63, 3.8) is 0 Å². The molecule has 0 saturated carbocycles. The molecule has 2 aromatic rings. The fourth-order valence-electron chi connectivity index (χ4n) is 3.13. The number of rotatable bonds is 9. The van der Waals surface area contributed by atoms with Crippen LogP contribution in [-0.2, 0) is 26.2 Å². The second-order valence-corrected chi connectivity index (χ2v) is 10.1. The van der Waals surface area contributed by atoms with Crippen LogP contribution in [0.25, 0.3) is 0 Å². The maximum absolute atomic E-state index is 13.3. The first-order valence-electron chi connectivity index (χ1n) is 9.89. The van der Waals surface area contributed by atoms with Crippen LogP contribution in [0.15, 0.2) is 53.0 Å². The molecule has 0 bridgehead atoms. The van der Waals surface area contributed by atoms with Gasteiger partial charge in [0.05, 0.1) is 11.9 Å². The second-order valence-electron chi connectivity index (χ2n) is 7.33. The Bertz CT molecular complexity index is 1030. The van der Waals surface area contributed by atoms with Crippen molar-refractivity contribution in [2.75, 3.05) is 23.7 Å². The summed E-state index contributed by atoms with van der Waals surface area (Å²) >= 11 is 3.32. The van der Waals surface area contributed by atoms with Gasteiger partial charge in [-0.2, -0.15) is 0 Å². The average Bonchev–Trinajstić information content (AvgIpc) is 2.70. The highest BCUT2D eigenvalue weighted by Gasteiger charge is 2.29. The van der Waals surface area contributed by atoms with Crippen molar-refractivity contribution in [3.05, 3.63) is 64.1 Å². The molecule has 0 heterocycles. The van der Waals surface area contributed by atoms with E-state index in [9.17, 15) is 18.0 Å². The summed E-state index contributed by atoms with van der Waals surface area (Å²) in [6.07, 6.45) is 1.06. The van der Waals surface area contributed by atoms with Gasteiger partial charge in [0.2, 0.25) is 21.8 Å². The third-order valence-electron chi connectivity index (χ3n) is 4.75. The van der Waals surface area contributed by atoms with E-state index < -0.39 is 28.5 Å². The number of likely N-dealkylation sites (N-methyl/N-ethyl adjacent to an activating group) is 1. The molecule has 31 heavy (non-hydrogen) atoms. The van der Waals surface area contributed by atoms with Gasteiger partial charge in [0.25, 0.3) is 0 Å². The van der Waals surface area contributed by atoms with Gasteiger partial charge in [0.15, 0.2) is 0 Å². The third kappa shape index (κ3) is 7.07. The largest absolute Gasteiger partial charge is 0.355 e. The molecule has 0 aliphatic carbocycles. The average molecular weight is 510 g/mol. The van der Waals surface area contributed by atoms with Gasteiger partial charge in [-0.15, -0.1) is 0 Å². The van der Waals surface area contributed by atoms with E-state index in [-0.39, 0.29) is 12.5 Å². The highest BCUT2D eigenvalue weighted by molar-refractivity contribution is 9.10. The predicted molar refractivity (Wildman–Crippen MR) is 126 cm³/mol. The summed E-state index contributed by atoms with van der Waals surface area (Å²) in [6.45, 7) is 5.61. The van der Waals surface area contributed by atoms with Crippen LogP contribution in [0.3, 0.4) is 0 Å². The highest BCUT2D eigenvalue weighted by Crippen LogP contribution is 2.21. The summed E-state index contributed by atoms with van der Waals surface area (Å²) in [4.78, 5) is 27.2. The van der Waals surface area contributed by atoms with Gasteiger partial charge in [-0.3, -0.25) is 13.9 Å². The first-order chi connectivity index (χ1) is 14.5. The predicted octanol–water partition coefficient (Wildman–Crippen LogP) is 3.08. The Hall–Kier alpha value is -2.39. The lowest BCUT2D eigenvalue weighted by atomic mass is 10.1. The molecule has 168 valence electrons. The minimum absolute atomic E-state index is 0.191. The first-order valence-corrected chi connectivity index (χ1v) is 12.5. The number of nitrogens with zero attached hydrogens (tertiary/aromatic N) is 2. The molecule has 1 atom stereocenters. The number of benzene rings is 2. The van der Waals surface area contributed by atoms with E-state index in [1.54, 1.807) is 38.1 Å². The zero-order valence-electron chi connectivity index (χ0n) is 18.1. The summed E-state index contributed by atoms with van der Waals surface area (Å²) < 4.78 is 26.7. The van der Waals surface area contributed by atoms with Gasteiger partial charge < -0.3 is 10.2 Å². The van der Waals surface area contributed by atoms with E-state index in [1.165, 1.54) is 4.90 Å². The van der Waals surface area contributed by atoms with E-state index in [1.807, 2.05) is 31.2 Å². The van der Waals surface area contributed by atoms with Crippen LogP contribution in [0.5, 0.6) is 0 Å². The molecule has 0 aliphatic heterocycles. The SMILES string of the molecule is CCNC(=O)C(C)N(Cc1cccc(C)c1)C(=O)CN(c1ccc(Br)cc1)S(C)(=O)=O. The second kappa shape index (κ2) is 10.8. The number of carbonyl (C=O) groups excluding carboxylic acids is 2. The molecule has 0 saturated heterocycles. The van der Waals surface area contributed by atoms with Crippen LogP contribution >= 0.6 is 15.9 Å². The van der Waals surface area contributed by atoms with Crippen LogP contribution in [0, 0.1) is 6.92 Å². The van der Waals surface area contributed by atoms with Crippen molar-refractivity contribution in [2.24, 2.45) is 0 Å². The molecule has 1 unspecified atom stereocenters. The van der Waals surface area contributed by atoms with E-state index in [4.69, 9.17) is 0 Å². The molecule has 0 aromatic heterocycles. The number of hydrogen-bond donors (Lipinski definition) is 1. The zero-order chi connectivity index (χ0) is 23.2. The monoisotopic (exact) mass is 509 g/mol. The van der Waals surface area contributed by atoms with Crippen molar-refractivity contribution < 1.29 is 18.0 Å². The topological polar surface area (TPSA) is 86.8 Å². The molecule has 0 spiro atoms. The van der Waals surface area contributed by atoms with Crippen molar-refractivity contribution in [1.82, 2.24) is 10.2 Å². The summed E-state index contributed by atoms with van der Waals surface area (Å²) in [6, 6.07) is 13.5. The van der Waals surface area contributed by atoms with Gasteiger partial charge >= 0.3 is 0 Å². The van der Waals surface area contributed by atoms with Crippen LogP contribution in [0.1, 0.15) is 25.0 Å². The normalized spacial score (nSPS) is 12.2. The van der Waals surface area contributed by atoms with Crippen molar-refractivity contribution >= 4 is 43.5 Å². The Morgan fingerprint density at radius 2 is 1.77 bits per heavy atom. The van der Waals surface area contributed by atoms with Gasteiger partial charge in [-0.05, 0) is 50.6 Å². The fraction of sp³-hybridized carbons (Fsp3) is 0.364. The number of amides is 2. The number of carbonyl (C=O) groups is 2. The van der Waals surface area contributed by atoms with E-state index in [0.29, 0.717) is 12.2 Å². The highest BCUT2D eigenvalue weighted by atomic mass is 79.9. The number of anilines is 1. The van der Waals surface area contributed by atoms with Gasteiger partial charge in [-0.25, -0.2) is 8.42 Å². The maximum atomic E-state index is 13.3. The Kier molecular flexibility index (Phi) is 8.64. The fourth-order valence-corrected chi connectivity index (χ4v) is 4.25. The minimum atomic E-state index is -3.73. The molecule has 7 nitrogen and oxygen atoms in total. The Balaban J connectivity index is 2.37. The molecule has 1 N–H and O–H groups in total. The minimum Gasteiger partial charge on any atom is -0.355 e. The van der Waals surface area contributed by atoms with E-state index in [0.717, 1.165) is 26.2 Å². The number of hydrogen-bond acceptors (Lipinski definition) is 4. The zero-order valence-corrected chi connectivity index (χ0v) is 20.5. The maximum Gasteiger partial charge on any atom is 0.244 e. The first kappa shape index (κ1) is 24.9. The number of nitrogens with one attached hydrogen (secondary N) is 1. The molecule has 2 aromatic carbocycles. The lowest BCUT2D eigenvalue weighted by Crippen LogP contribution is -2.51. The third-order valence-corrected chi connectivity index (χ3v) is 6.42. The van der Waals surface area contributed by atoms with Crippen LogP contribution in [0.2, 0.25) is 0 Å². The lowest BCUT2D eigenvalue weighted by molar-refractivity contribution is -0.139. The number of aryl methyl sites for hydroxylation is 1. The molecule has 0 fully saturated rings. The molecule has 0 radical (unpaired) electrons. The quantitative estimate of drug-likeness (QED) is 0.562. The van der Waals surface area contributed by atoms with E-state index in [2.05, 4.69) is 21.2 Å². The molecule has 2 amide bonds. The number of sulfonamides is 1. The van der Waals surface area contributed by atoms with Crippen LogP contribution in [0.4, 0.5) is 5.69 Å².